The summed E-state index contributed by atoms with van der Waals surface area (Å²) < 4.78 is 18.8. The first-order valence-corrected chi connectivity index (χ1v) is 7.27. The Morgan fingerprint density at radius 1 is 1.26 bits per heavy atom. The summed E-state index contributed by atoms with van der Waals surface area (Å²) in [7, 11) is 0. The van der Waals surface area contributed by atoms with Crippen LogP contribution in [0.5, 0.6) is 5.75 Å². The van der Waals surface area contributed by atoms with Crippen LogP contribution < -0.4 is 10.1 Å². The summed E-state index contributed by atoms with van der Waals surface area (Å²) in [4.78, 5) is 12.4. The van der Waals surface area contributed by atoms with Crippen molar-refractivity contribution < 1.29 is 19.0 Å². The first kappa shape index (κ1) is 15.2. The Hall–Kier alpha value is -2.66. The quantitative estimate of drug-likeness (QED) is 0.911. The minimum absolute atomic E-state index is 0.109. The van der Waals surface area contributed by atoms with Crippen molar-refractivity contribution in [2.24, 2.45) is 0 Å². The van der Waals surface area contributed by atoms with E-state index in [1.165, 1.54) is 18.2 Å². The Bertz CT molecular complexity index is 743. The van der Waals surface area contributed by atoms with Gasteiger partial charge in [-0.25, -0.2) is 4.39 Å². The van der Waals surface area contributed by atoms with E-state index in [0.29, 0.717) is 16.9 Å². The van der Waals surface area contributed by atoms with Crippen molar-refractivity contribution in [3.63, 3.8) is 0 Å². The molecule has 0 radical (unpaired) electrons. The molecule has 2 aromatic rings. The molecule has 1 atom stereocenters. The second-order valence-corrected chi connectivity index (χ2v) is 5.26. The molecule has 1 heterocycles. The number of hydrogen-bond acceptors (Lipinski definition) is 3. The fourth-order valence-electron chi connectivity index (χ4n) is 2.45. The number of aliphatic hydroxyl groups excluding tert-OH is 1. The first-order chi connectivity index (χ1) is 11.2. The predicted molar refractivity (Wildman–Crippen MR) is 84.3 cm³/mol. The number of benzene rings is 2. The van der Waals surface area contributed by atoms with E-state index in [4.69, 9.17) is 4.74 Å². The second kappa shape index (κ2) is 6.62. The van der Waals surface area contributed by atoms with Crippen molar-refractivity contribution in [2.75, 3.05) is 13.2 Å². The van der Waals surface area contributed by atoms with Crippen molar-refractivity contribution in [3.05, 3.63) is 71.0 Å². The van der Waals surface area contributed by atoms with E-state index in [9.17, 15) is 14.3 Å². The van der Waals surface area contributed by atoms with Gasteiger partial charge in [-0.15, -0.1) is 0 Å². The van der Waals surface area contributed by atoms with Gasteiger partial charge in [0.15, 0.2) is 0 Å². The van der Waals surface area contributed by atoms with Gasteiger partial charge in [0.2, 0.25) is 0 Å². The third-order valence-electron chi connectivity index (χ3n) is 3.67. The van der Waals surface area contributed by atoms with Crippen molar-refractivity contribution >= 4 is 12.0 Å². The Balaban J connectivity index is 1.78. The number of carbonyl (C=O) groups is 1. The van der Waals surface area contributed by atoms with Gasteiger partial charge in [0, 0.05) is 5.56 Å². The van der Waals surface area contributed by atoms with E-state index in [2.05, 4.69) is 5.32 Å². The Morgan fingerprint density at radius 3 is 2.78 bits per heavy atom. The molecule has 1 aliphatic heterocycles. The third-order valence-corrected chi connectivity index (χ3v) is 3.67. The van der Waals surface area contributed by atoms with Crippen LogP contribution in [0.1, 0.15) is 17.2 Å². The average Bonchev–Trinajstić information content (AvgIpc) is 2.59. The van der Waals surface area contributed by atoms with Gasteiger partial charge in [-0.05, 0) is 29.8 Å². The highest BCUT2D eigenvalue weighted by Crippen LogP contribution is 2.27. The van der Waals surface area contributed by atoms with Crippen LogP contribution in [0.4, 0.5) is 4.39 Å². The van der Waals surface area contributed by atoms with Crippen LogP contribution in [0, 0.1) is 5.82 Å². The molecule has 0 saturated carbocycles. The average molecular weight is 313 g/mol. The zero-order valence-electron chi connectivity index (χ0n) is 12.3. The second-order valence-electron chi connectivity index (χ2n) is 5.26. The normalized spacial score (nSPS) is 14.3. The smallest absolute Gasteiger partial charge is 0.251 e. The molecular formula is C18H16FNO3. The number of fused-ring (bicyclic) bond motifs is 1. The number of hydrogen-bond donors (Lipinski definition) is 2. The van der Waals surface area contributed by atoms with Crippen molar-refractivity contribution in [1.29, 1.82) is 0 Å². The zero-order valence-corrected chi connectivity index (χ0v) is 12.3. The lowest BCUT2D eigenvalue weighted by molar-refractivity contribution is -0.118. The highest BCUT2D eigenvalue weighted by atomic mass is 19.1. The summed E-state index contributed by atoms with van der Waals surface area (Å²) in [6.07, 6.45) is 1.61. The van der Waals surface area contributed by atoms with E-state index < -0.39 is 6.04 Å². The zero-order chi connectivity index (χ0) is 16.2. The maximum atomic E-state index is 13.3. The Kier molecular flexibility index (Phi) is 4.39. The van der Waals surface area contributed by atoms with E-state index >= 15 is 0 Å². The fraction of sp³-hybridized carbons (Fsp3) is 0.167. The number of ether oxygens (including phenoxy) is 1. The number of aliphatic hydroxyl groups is 1. The summed E-state index contributed by atoms with van der Waals surface area (Å²) in [5.41, 5.74) is 1.73. The lowest BCUT2D eigenvalue weighted by Crippen LogP contribution is -2.33. The molecule has 2 N–H and O–H groups in total. The van der Waals surface area contributed by atoms with Gasteiger partial charge in [0.05, 0.1) is 18.2 Å². The van der Waals surface area contributed by atoms with Gasteiger partial charge >= 0.3 is 0 Å². The first-order valence-electron chi connectivity index (χ1n) is 7.27. The molecule has 1 aliphatic rings. The molecule has 0 saturated heterocycles. The van der Waals surface area contributed by atoms with Crippen molar-refractivity contribution in [3.8, 4) is 5.75 Å². The molecule has 1 amide bonds. The number of carbonyl (C=O) groups excluding carboxylic acids is 1. The minimum atomic E-state index is -0.501. The molecule has 0 aromatic heterocycles. The van der Waals surface area contributed by atoms with Crippen molar-refractivity contribution in [1.82, 2.24) is 5.32 Å². The van der Waals surface area contributed by atoms with E-state index in [-0.39, 0.29) is 24.9 Å². The molecule has 118 valence electrons. The molecule has 4 nitrogen and oxygen atoms in total. The monoisotopic (exact) mass is 313 g/mol. The molecule has 5 heteroatoms. The number of nitrogens with one attached hydrogen (secondary N) is 1. The third kappa shape index (κ3) is 3.40. The summed E-state index contributed by atoms with van der Waals surface area (Å²) in [5, 5.41) is 12.3. The summed E-state index contributed by atoms with van der Waals surface area (Å²) in [6, 6.07) is 12.9. The van der Waals surface area contributed by atoms with Gasteiger partial charge in [0.25, 0.3) is 5.91 Å². The number of rotatable bonds is 4. The van der Waals surface area contributed by atoms with Gasteiger partial charge in [0.1, 0.15) is 18.2 Å². The number of amides is 1. The highest BCUT2D eigenvalue weighted by Gasteiger charge is 2.20. The predicted octanol–water partition coefficient (Wildman–Crippen LogP) is 2.45. The Morgan fingerprint density at radius 2 is 2.04 bits per heavy atom. The fourth-order valence-corrected chi connectivity index (χ4v) is 2.45. The van der Waals surface area contributed by atoms with Crippen LogP contribution in [-0.2, 0) is 4.79 Å². The molecule has 1 unspecified atom stereocenters. The van der Waals surface area contributed by atoms with Crippen molar-refractivity contribution in [2.45, 2.75) is 6.04 Å². The van der Waals surface area contributed by atoms with E-state index in [1.54, 1.807) is 6.08 Å². The summed E-state index contributed by atoms with van der Waals surface area (Å²) in [6.45, 7) is -0.105. The van der Waals surface area contributed by atoms with Gasteiger partial charge in [-0.3, -0.25) is 4.79 Å². The van der Waals surface area contributed by atoms with E-state index in [1.807, 2.05) is 30.3 Å². The maximum Gasteiger partial charge on any atom is 0.251 e. The highest BCUT2D eigenvalue weighted by molar-refractivity contribution is 5.99. The molecule has 3 rings (SSSR count). The largest absolute Gasteiger partial charge is 0.488 e. The molecule has 0 bridgehead atoms. The summed E-state index contributed by atoms with van der Waals surface area (Å²) in [5.74, 6) is -0.185. The molecule has 0 aliphatic carbocycles. The maximum absolute atomic E-state index is 13.3. The van der Waals surface area contributed by atoms with Gasteiger partial charge in [-0.2, -0.15) is 0 Å². The van der Waals surface area contributed by atoms with Crippen LogP contribution >= 0.6 is 0 Å². The number of halogens is 1. The van der Waals surface area contributed by atoms with Crippen LogP contribution in [0.2, 0.25) is 0 Å². The molecule has 2 aromatic carbocycles. The van der Waals surface area contributed by atoms with Gasteiger partial charge in [-0.1, -0.05) is 30.3 Å². The van der Waals surface area contributed by atoms with Crippen LogP contribution in [-0.4, -0.2) is 24.2 Å². The summed E-state index contributed by atoms with van der Waals surface area (Å²) >= 11 is 0. The van der Waals surface area contributed by atoms with Crippen LogP contribution in [0.15, 0.2) is 54.1 Å². The molecule has 0 fully saturated rings. The SMILES string of the molecule is O=C(NC(CO)c1ccccc1)C1=Cc2cc(F)ccc2OC1. The topological polar surface area (TPSA) is 58.6 Å². The molecular weight excluding hydrogens is 297 g/mol. The minimum Gasteiger partial charge on any atom is -0.488 e. The Labute approximate surface area is 133 Å². The standard InChI is InChI=1S/C18H16FNO3/c19-15-6-7-17-13(9-15)8-14(11-23-17)18(22)20-16(10-21)12-4-2-1-3-5-12/h1-9,16,21H,10-11H2,(H,20,22). The van der Waals surface area contributed by atoms with Crippen LogP contribution in [0.25, 0.3) is 6.08 Å². The van der Waals surface area contributed by atoms with Gasteiger partial charge < -0.3 is 15.2 Å². The van der Waals surface area contributed by atoms with E-state index in [0.717, 1.165) is 5.56 Å². The van der Waals surface area contributed by atoms with Crippen LogP contribution in [0.3, 0.4) is 0 Å². The lowest BCUT2D eigenvalue weighted by Gasteiger charge is -2.21. The molecule has 23 heavy (non-hydrogen) atoms. The molecule has 0 spiro atoms. The lowest BCUT2D eigenvalue weighted by atomic mass is 10.0.